The highest BCUT2D eigenvalue weighted by Gasteiger charge is 2.44. The number of carbonyl (C=O) groups excluding carboxylic acids is 1. The van der Waals surface area contributed by atoms with Crippen molar-refractivity contribution in [2.45, 2.75) is 101 Å². The standard InChI is InChI=1S/C32H41ClN2O4S.C6H13N/c1-20-5-3-7-29(36)26-11-8-24(26)17-35-18-32(14-4-6-22-15-25(33)10-12-27(22)32)19-39-30-13-9-23(16-28(30)35)31(37)34-40(38)21(20)2;1-7-5-3-2-4-6-7/h9-10,12-13,15-16,20-21,24,26,29,36H,3-8,11,14,17-19H2,1-2H3,(H,34,37);2-6H2,1H3/t20?,21?,24?,26?,29?,32-,40?;/m0./s1. The van der Waals surface area contributed by atoms with E-state index in [0.717, 1.165) is 80.9 Å². The molecule has 2 bridgehead atoms. The number of nitrogens with zero attached hydrogens (tertiary/aromatic N) is 2. The van der Waals surface area contributed by atoms with Gasteiger partial charge in [-0.05, 0) is 144 Å². The number of rotatable bonds is 0. The molecule has 7 nitrogen and oxygen atoms in total. The maximum absolute atomic E-state index is 13.3. The lowest BCUT2D eigenvalue weighted by Crippen LogP contribution is -2.49. The van der Waals surface area contributed by atoms with E-state index in [-0.39, 0.29) is 34.5 Å². The number of hydrogen-bond donors (Lipinski definition) is 2. The van der Waals surface area contributed by atoms with E-state index in [1.54, 1.807) is 6.07 Å². The zero-order chi connectivity index (χ0) is 33.1. The first-order chi connectivity index (χ1) is 22.6. The van der Waals surface area contributed by atoms with Crippen molar-refractivity contribution in [1.82, 2.24) is 9.62 Å². The number of aryl methyl sites for hydroxylation is 1. The number of aliphatic hydroxyl groups excluding tert-OH is 1. The molecule has 0 aromatic heterocycles. The Morgan fingerprint density at radius 2 is 1.81 bits per heavy atom. The van der Waals surface area contributed by atoms with E-state index in [2.05, 4.69) is 40.6 Å². The molecular weight excluding hydrogens is 630 g/mol. The largest absolute Gasteiger partial charge is 0.490 e. The van der Waals surface area contributed by atoms with Gasteiger partial charge in [-0.25, -0.2) is 4.21 Å². The summed E-state index contributed by atoms with van der Waals surface area (Å²) in [6, 6.07) is 11.9. The van der Waals surface area contributed by atoms with Crippen molar-refractivity contribution in [2.24, 2.45) is 17.8 Å². The van der Waals surface area contributed by atoms with E-state index in [4.69, 9.17) is 16.3 Å². The van der Waals surface area contributed by atoms with Crippen molar-refractivity contribution in [3.05, 3.63) is 58.1 Å². The molecule has 2 fully saturated rings. The Bertz CT molecular complexity index is 1430. The van der Waals surface area contributed by atoms with Gasteiger partial charge in [-0.15, -0.1) is 0 Å². The van der Waals surface area contributed by atoms with Crippen LogP contribution < -0.4 is 14.4 Å². The SMILES string of the molecule is CC1CCCC(O)C2CCC2CN2C[C@@]3(CCCc4cc(Cl)ccc43)COc3ccc(cc32)C(=O)NS(=O)C1C.CN1CCCCC1. The molecule has 1 amide bonds. The van der Waals surface area contributed by atoms with Gasteiger partial charge in [-0.3, -0.25) is 9.52 Å². The van der Waals surface area contributed by atoms with Crippen LogP contribution in [0.25, 0.3) is 0 Å². The molecule has 2 aromatic carbocycles. The molecule has 6 unspecified atom stereocenters. The zero-order valence-electron chi connectivity index (χ0n) is 28.5. The fourth-order valence-corrected chi connectivity index (χ4v) is 9.71. The van der Waals surface area contributed by atoms with Gasteiger partial charge >= 0.3 is 0 Å². The van der Waals surface area contributed by atoms with Crippen molar-refractivity contribution in [3.8, 4) is 5.75 Å². The molecule has 1 spiro atoms. The predicted molar refractivity (Wildman–Crippen MR) is 192 cm³/mol. The minimum Gasteiger partial charge on any atom is -0.490 e. The molecule has 9 heteroatoms. The predicted octanol–water partition coefficient (Wildman–Crippen LogP) is 6.90. The number of anilines is 1. The second-order valence-electron chi connectivity index (χ2n) is 15.1. The number of halogens is 1. The third kappa shape index (κ3) is 7.87. The Morgan fingerprint density at radius 3 is 2.53 bits per heavy atom. The van der Waals surface area contributed by atoms with Crippen LogP contribution in [-0.2, 0) is 22.8 Å². The highest BCUT2D eigenvalue weighted by Crippen LogP contribution is 2.47. The normalized spacial score (nSPS) is 33.1. The van der Waals surface area contributed by atoms with Gasteiger partial charge in [0.1, 0.15) is 16.7 Å². The molecule has 7 atom stereocenters. The van der Waals surface area contributed by atoms with Crippen LogP contribution in [0, 0.1) is 17.8 Å². The molecule has 7 rings (SSSR count). The first-order valence-corrected chi connectivity index (χ1v) is 19.6. The van der Waals surface area contributed by atoms with Crippen LogP contribution in [-0.4, -0.2) is 71.3 Å². The Labute approximate surface area is 289 Å². The van der Waals surface area contributed by atoms with Crippen LogP contribution in [0.2, 0.25) is 5.02 Å². The van der Waals surface area contributed by atoms with E-state index >= 15 is 0 Å². The number of carbonyl (C=O) groups is 1. The summed E-state index contributed by atoms with van der Waals surface area (Å²) >= 11 is 6.39. The molecule has 0 radical (unpaired) electrons. The quantitative estimate of drug-likeness (QED) is 0.314. The fraction of sp³-hybridized carbons (Fsp3) is 0.658. The van der Waals surface area contributed by atoms with Gasteiger partial charge in [0.05, 0.1) is 23.6 Å². The average molecular weight is 684 g/mol. The number of likely N-dealkylation sites (tertiary alicyclic amines) is 1. The van der Waals surface area contributed by atoms with Crippen LogP contribution >= 0.6 is 11.6 Å². The molecule has 47 heavy (non-hydrogen) atoms. The van der Waals surface area contributed by atoms with Crippen molar-refractivity contribution < 1.29 is 18.8 Å². The molecule has 2 N–H and O–H groups in total. The molecule has 1 saturated heterocycles. The lowest BCUT2D eigenvalue weighted by atomic mass is 9.68. The molecule has 2 aliphatic carbocycles. The smallest absolute Gasteiger partial charge is 0.263 e. The van der Waals surface area contributed by atoms with Crippen LogP contribution in [0.4, 0.5) is 5.69 Å². The number of ether oxygens (including phenoxy) is 1. The summed E-state index contributed by atoms with van der Waals surface area (Å²) in [7, 11) is 0.697. The van der Waals surface area contributed by atoms with E-state index in [1.165, 1.54) is 43.5 Å². The summed E-state index contributed by atoms with van der Waals surface area (Å²) in [5.74, 6) is 1.30. The summed E-state index contributed by atoms with van der Waals surface area (Å²) in [6.07, 6.45) is 11.7. The van der Waals surface area contributed by atoms with Gasteiger partial charge in [0.2, 0.25) is 0 Å². The number of benzene rings is 2. The monoisotopic (exact) mass is 683 g/mol. The Balaban J connectivity index is 0.000000491. The Kier molecular flexibility index (Phi) is 11.2. The van der Waals surface area contributed by atoms with Gasteiger partial charge in [0, 0.05) is 29.1 Å². The lowest BCUT2D eigenvalue weighted by Gasteiger charge is -2.46. The molecule has 2 aromatic rings. The molecule has 258 valence electrons. The van der Waals surface area contributed by atoms with Crippen molar-refractivity contribution in [2.75, 3.05) is 44.7 Å². The third-order valence-electron chi connectivity index (χ3n) is 11.8. The second-order valence-corrected chi connectivity index (χ2v) is 17.0. The number of fused-ring (bicyclic) bond motifs is 4. The maximum atomic E-state index is 13.3. The minimum absolute atomic E-state index is 0.175. The number of nitrogens with one attached hydrogen (secondary N) is 1. The topological polar surface area (TPSA) is 82.1 Å². The molecule has 3 heterocycles. The maximum Gasteiger partial charge on any atom is 0.263 e. The van der Waals surface area contributed by atoms with Crippen molar-refractivity contribution in [1.29, 1.82) is 0 Å². The van der Waals surface area contributed by atoms with Crippen LogP contribution in [0.15, 0.2) is 36.4 Å². The summed E-state index contributed by atoms with van der Waals surface area (Å²) in [6.45, 7) is 8.81. The van der Waals surface area contributed by atoms with Crippen LogP contribution in [0.3, 0.4) is 0 Å². The minimum atomic E-state index is -1.50. The van der Waals surface area contributed by atoms with Crippen molar-refractivity contribution >= 4 is 34.2 Å². The van der Waals surface area contributed by atoms with Gasteiger partial charge < -0.3 is 19.6 Å². The van der Waals surface area contributed by atoms with Crippen LogP contribution in [0.5, 0.6) is 5.75 Å². The number of amides is 1. The summed E-state index contributed by atoms with van der Waals surface area (Å²) in [4.78, 5) is 18.1. The summed E-state index contributed by atoms with van der Waals surface area (Å²) < 4.78 is 22.4. The van der Waals surface area contributed by atoms with E-state index in [0.29, 0.717) is 18.1 Å². The first kappa shape index (κ1) is 34.7. The van der Waals surface area contributed by atoms with Gasteiger partial charge in [0.15, 0.2) is 0 Å². The summed E-state index contributed by atoms with van der Waals surface area (Å²) in [5, 5.41) is 11.8. The van der Waals surface area contributed by atoms with Crippen molar-refractivity contribution in [3.63, 3.8) is 0 Å². The highest BCUT2D eigenvalue weighted by molar-refractivity contribution is 7.84. The van der Waals surface area contributed by atoms with Gasteiger partial charge in [-0.2, -0.15) is 0 Å². The molecular formula is C38H54ClN3O4S. The van der Waals surface area contributed by atoms with Gasteiger partial charge in [0.25, 0.3) is 5.91 Å². The third-order valence-corrected chi connectivity index (χ3v) is 13.6. The number of hydrogen-bond acceptors (Lipinski definition) is 6. The highest BCUT2D eigenvalue weighted by atomic mass is 35.5. The molecule has 5 aliphatic rings. The lowest BCUT2D eigenvalue weighted by molar-refractivity contribution is 0.00857. The summed E-state index contributed by atoms with van der Waals surface area (Å²) in [5.41, 5.74) is 3.82. The number of piperidine rings is 1. The second kappa shape index (κ2) is 15.2. The zero-order valence-corrected chi connectivity index (χ0v) is 30.1. The van der Waals surface area contributed by atoms with E-state index in [9.17, 15) is 14.1 Å². The Hall–Kier alpha value is -2.13. The number of aliphatic hydroxyl groups is 1. The van der Waals surface area contributed by atoms with E-state index < -0.39 is 11.0 Å². The molecule has 3 aliphatic heterocycles. The van der Waals surface area contributed by atoms with Gasteiger partial charge in [-0.1, -0.05) is 37.4 Å². The van der Waals surface area contributed by atoms with E-state index in [1.807, 2.05) is 25.1 Å². The molecule has 1 saturated carbocycles. The fourth-order valence-electron chi connectivity index (χ4n) is 8.47. The Morgan fingerprint density at radius 1 is 1.00 bits per heavy atom. The van der Waals surface area contributed by atoms with Crippen LogP contribution in [0.1, 0.15) is 99.5 Å². The average Bonchev–Trinajstić information content (AvgIpc) is 3.19. The first-order valence-electron chi connectivity index (χ1n) is 18.0.